The maximum atomic E-state index is 10.5. The van der Waals surface area contributed by atoms with Gasteiger partial charge >= 0.3 is 0 Å². The first kappa shape index (κ1) is 10.4. The summed E-state index contributed by atoms with van der Waals surface area (Å²) in [5.74, 6) is 0. The fourth-order valence-electron chi connectivity index (χ4n) is 1.82. The van der Waals surface area contributed by atoms with E-state index in [0.717, 1.165) is 16.3 Å². The van der Waals surface area contributed by atoms with E-state index in [2.05, 4.69) is 41.9 Å². The number of carbonyl (C=O) groups is 1. The Kier molecular flexibility index (Phi) is 2.65. The maximum absolute atomic E-state index is 10.5. The van der Waals surface area contributed by atoms with Crippen LogP contribution < -0.4 is 0 Å². The highest BCUT2D eigenvalue weighted by Crippen LogP contribution is 2.27. The predicted molar refractivity (Wildman–Crippen MR) is 65.2 cm³/mol. The lowest BCUT2D eigenvalue weighted by Crippen LogP contribution is -1.96. The summed E-state index contributed by atoms with van der Waals surface area (Å²) in [6, 6.07) is 4.22. The number of benzene rings is 1. The Hall–Kier alpha value is -1.09. The Balaban J connectivity index is 2.75. The second-order valence-corrected chi connectivity index (χ2v) is 4.60. The van der Waals surface area contributed by atoms with Crippen molar-refractivity contribution in [1.82, 2.24) is 4.57 Å². The van der Waals surface area contributed by atoms with Gasteiger partial charge in [0.1, 0.15) is 6.29 Å². The molecule has 1 aromatic heterocycles. The molecular formula is C12H12BrNO. The summed E-state index contributed by atoms with van der Waals surface area (Å²) in [5, 5.41) is 1.20. The summed E-state index contributed by atoms with van der Waals surface area (Å²) < 4.78 is 3.10. The van der Waals surface area contributed by atoms with Gasteiger partial charge in [-0.2, -0.15) is 0 Å². The lowest BCUT2D eigenvalue weighted by molar-refractivity contribution is -0.108. The third-order valence-corrected chi connectivity index (χ3v) is 3.49. The van der Waals surface area contributed by atoms with E-state index in [4.69, 9.17) is 0 Å². The zero-order chi connectivity index (χ0) is 11.0. The summed E-state index contributed by atoms with van der Waals surface area (Å²) in [4.78, 5) is 10.5. The van der Waals surface area contributed by atoms with Crippen molar-refractivity contribution in [3.63, 3.8) is 0 Å². The fraction of sp³-hybridized carbons (Fsp3) is 0.250. The molecule has 0 unspecified atom stereocenters. The zero-order valence-electron chi connectivity index (χ0n) is 8.75. The van der Waals surface area contributed by atoms with Gasteiger partial charge in [-0.3, -0.25) is 0 Å². The van der Waals surface area contributed by atoms with Crippen molar-refractivity contribution in [1.29, 1.82) is 0 Å². The summed E-state index contributed by atoms with van der Waals surface area (Å²) in [5.41, 5.74) is 3.51. The minimum atomic E-state index is 0.422. The molecule has 78 valence electrons. The Bertz CT molecular complexity index is 528. The maximum Gasteiger partial charge on any atom is 0.139 e. The van der Waals surface area contributed by atoms with Crippen LogP contribution in [0.15, 0.2) is 22.8 Å². The Morgan fingerprint density at radius 3 is 2.73 bits per heavy atom. The van der Waals surface area contributed by atoms with Gasteiger partial charge in [0.15, 0.2) is 0 Å². The molecule has 1 aromatic carbocycles. The van der Waals surface area contributed by atoms with Crippen LogP contribution in [0.25, 0.3) is 10.9 Å². The van der Waals surface area contributed by atoms with Gasteiger partial charge in [0.2, 0.25) is 0 Å². The molecule has 2 nitrogen and oxygen atoms in total. The summed E-state index contributed by atoms with van der Waals surface area (Å²) in [7, 11) is 0. The van der Waals surface area contributed by atoms with Crippen molar-refractivity contribution in [2.24, 2.45) is 0 Å². The number of rotatable bonds is 2. The van der Waals surface area contributed by atoms with Crippen molar-refractivity contribution >= 4 is 33.1 Å². The average Bonchev–Trinajstić information content (AvgIpc) is 2.46. The predicted octanol–water partition coefficient (Wildman–Crippen LogP) is 3.22. The highest BCUT2D eigenvalue weighted by molar-refractivity contribution is 9.10. The normalized spacial score (nSPS) is 10.9. The monoisotopic (exact) mass is 265 g/mol. The molecule has 0 saturated heterocycles. The van der Waals surface area contributed by atoms with E-state index in [9.17, 15) is 4.79 Å². The molecule has 0 N–H and O–H groups in total. The SMILES string of the molecule is Cc1cc2c(cc1Br)c(C)cn2CC=O. The standard InChI is InChI=1S/C12H12BrNO/c1-8-5-12-10(6-11(8)13)9(2)7-14(12)3-4-15/h4-7H,3H2,1-2H3. The number of hydrogen-bond donors (Lipinski definition) is 0. The van der Waals surface area contributed by atoms with Gasteiger partial charge in [0, 0.05) is 21.6 Å². The molecule has 3 heteroatoms. The van der Waals surface area contributed by atoms with Crippen molar-refractivity contribution < 1.29 is 4.79 Å². The van der Waals surface area contributed by atoms with Crippen molar-refractivity contribution in [2.75, 3.05) is 0 Å². The van der Waals surface area contributed by atoms with Crippen LogP contribution in [-0.2, 0) is 11.3 Å². The van der Waals surface area contributed by atoms with E-state index in [1.165, 1.54) is 16.5 Å². The summed E-state index contributed by atoms with van der Waals surface area (Å²) in [6.07, 6.45) is 2.95. The third-order valence-electron chi connectivity index (χ3n) is 2.63. The molecule has 0 saturated carbocycles. The Morgan fingerprint density at radius 2 is 2.07 bits per heavy atom. The summed E-state index contributed by atoms with van der Waals surface area (Å²) >= 11 is 3.52. The number of aldehydes is 1. The number of aryl methyl sites for hydroxylation is 2. The van der Waals surface area contributed by atoms with Crippen LogP contribution in [0.4, 0.5) is 0 Å². The molecule has 0 atom stereocenters. The van der Waals surface area contributed by atoms with Crippen LogP contribution in [-0.4, -0.2) is 10.9 Å². The van der Waals surface area contributed by atoms with Crippen LogP contribution >= 0.6 is 15.9 Å². The fourth-order valence-corrected chi connectivity index (χ4v) is 2.17. The van der Waals surface area contributed by atoms with Gasteiger partial charge in [-0.05, 0) is 37.1 Å². The van der Waals surface area contributed by atoms with E-state index in [-0.39, 0.29) is 0 Å². The van der Waals surface area contributed by atoms with Gasteiger partial charge < -0.3 is 9.36 Å². The molecule has 0 aliphatic heterocycles. The second-order valence-electron chi connectivity index (χ2n) is 3.75. The van der Waals surface area contributed by atoms with E-state index in [1.807, 2.05) is 10.8 Å². The van der Waals surface area contributed by atoms with E-state index < -0.39 is 0 Å². The van der Waals surface area contributed by atoms with E-state index in [1.54, 1.807) is 0 Å². The lowest BCUT2D eigenvalue weighted by atomic mass is 10.1. The minimum absolute atomic E-state index is 0.422. The first-order chi connectivity index (χ1) is 7.13. The Labute approximate surface area is 97.0 Å². The molecule has 0 aliphatic carbocycles. The number of halogens is 1. The van der Waals surface area contributed by atoms with E-state index in [0.29, 0.717) is 6.54 Å². The number of fused-ring (bicyclic) bond motifs is 1. The van der Waals surface area contributed by atoms with Gasteiger partial charge in [-0.15, -0.1) is 0 Å². The minimum Gasteiger partial charge on any atom is -0.340 e. The average molecular weight is 266 g/mol. The van der Waals surface area contributed by atoms with Crippen molar-refractivity contribution in [3.05, 3.63) is 33.9 Å². The largest absolute Gasteiger partial charge is 0.340 e. The van der Waals surface area contributed by atoms with E-state index >= 15 is 0 Å². The second kappa shape index (κ2) is 3.81. The smallest absolute Gasteiger partial charge is 0.139 e. The molecule has 0 aliphatic rings. The van der Waals surface area contributed by atoms with Gasteiger partial charge in [0.25, 0.3) is 0 Å². The molecule has 0 fully saturated rings. The Morgan fingerprint density at radius 1 is 1.33 bits per heavy atom. The first-order valence-electron chi connectivity index (χ1n) is 4.82. The van der Waals surface area contributed by atoms with Crippen LogP contribution in [0, 0.1) is 13.8 Å². The van der Waals surface area contributed by atoms with Gasteiger partial charge in [-0.1, -0.05) is 15.9 Å². The van der Waals surface area contributed by atoms with Crippen LogP contribution in [0.2, 0.25) is 0 Å². The van der Waals surface area contributed by atoms with Gasteiger partial charge in [-0.25, -0.2) is 0 Å². The molecule has 0 radical (unpaired) electrons. The molecule has 15 heavy (non-hydrogen) atoms. The lowest BCUT2D eigenvalue weighted by Gasteiger charge is -2.02. The molecule has 2 rings (SSSR count). The number of carbonyl (C=O) groups excluding carboxylic acids is 1. The quantitative estimate of drug-likeness (QED) is 0.765. The first-order valence-corrected chi connectivity index (χ1v) is 5.62. The highest BCUT2D eigenvalue weighted by atomic mass is 79.9. The van der Waals surface area contributed by atoms with Gasteiger partial charge in [0.05, 0.1) is 6.54 Å². The zero-order valence-corrected chi connectivity index (χ0v) is 10.3. The van der Waals surface area contributed by atoms with Crippen LogP contribution in [0.3, 0.4) is 0 Å². The molecule has 1 heterocycles. The molecular weight excluding hydrogens is 254 g/mol. The third kappa shape index (κ3) is 1.72. The van der Waals surface area contributed by atoms with Crippen LogP contribution in [0.5, 0.6) is 0 Å². The number of hydrogen-bond acceptors (Lipinski definition) is 1. The van der Waals surface area contributed by atoms with Crippen LogP contribution in [0.1, 0.15) is 11.1 Å². The molecule has 2 aromatic rings. The molecule has 0 amide bonds. The number of nitrogens with zero attached hydrogens (tertiary/aromatic N) is 1. The molecule has 0 bridgehead atoms. The summed E-state index contributed by atoms with van der Waals surface area (Å²) in [6.45, 7) is 4.54. The highest BCUT2D eigenvalue weighted by Gasteiger charge is 2.07. The van der Waals surface area contributed by atoms with Crippen molar-refractivity contribution in [3.8, 4) is 0 Å². The number of aromatic nitrogens is 1. The topological polar surface area (TPSA) is 22.0 Å². The van der Waals surface area contributed by atoms with Crippen molar-refractivity contribution in [2.45, 2.75) is 20.4 Å². The molecule has 0 spiro atoms.